The van der Waals surface area contributed by atoms with Gasteiger partial charge in [-0.3, -0.25) is 4.79 Å². The van der Waals surface area contributed by atoms with Crippen LogP contribution < -0.4 is 0 Å². The third-order valence-corrected chi connectivity index (χ3v) is 8.78. The molecular weight excluding hydrogens is 322 g/mol. The molecule has 0 aromatic heterocycles. The highest BCUT2D eigenvalue weighted by atomic mass is 16.6. The Hall–Kier alpha value is -1.12. The molecule has 3 fully saturated rings. The van der Waals surface area contributed by atoms with Crippen LogP contribution in [0.3, 0.4) is 0 Å². The molecule has 4 aliphatic carbocycles. The van der Waals surface area contributed by atoms with Crippen LogP contribution in [0.25, 0.3) is 0 Å². The number of oxime groups is 1. The van der Waals surface area contributed by atoms with E-state index in [9.17, 15) is 4.79 Å². The lowest BCUT2D eigenvalue weighted by atomic mass is 9.46. The van der Waals surface area contributed by atoms with Crippen LogP contribution in [0.15, 0.2) is 16.8 Å². The molecule has 0 N–H and O–H groups in total. The first kappa shape index (κ1) is 18.3. The van der Waals surface area contributed by atoms with Gasteiger partial charge in [-0.1, -0.05) is 24.6 Å². The summed E-state index contributed by atoms with van der Waals surface area (Å²) in [5.41, 5.74) is 3.36. The molecule has 0 heterocycles. The second kappa shape index (κ2) is 6.49. The Labute approximate surface area is 158 Å². The fourth-order valence-corrected chi connectivity index (χ4v) is 7.46. The summed E-state index contributed by atoms with van der Waals surface area (Å²) in [6, 6.07) is 0. The third kappa shape index (κ3) is 2.60. The normalized spacial score (nSPS) is 46.2. The van der Waals surface area contributed by atoms with Crippen molar-refractivity contribution in [2.75, 3.05) is 6.61 Å². The number of hydrogen-bond acceptors (Lipinski definition) is 3. The van der Waals surface area contributed by atoms with E-state index in [2.05, 4.69) is 25.1 Å². The summed E-state index contributed by atoms with van der Waals surface area (Å²) in [5.74, 6) is 3.11. The average molecular weight is 358 g/mol. The standard InChI is InChI=1S/C23H35NO2/c1-5-26-24-17-10-12-22(3)16(14-17)6-7-18-20-9-8-19(15(2)25)23(20,4)13-11-21(18)22/h14,18-21H,5-13H2,1-4H3/b24-17+/t18-,19+,20-,21-,22-,23+/m0/s1. The summed E-state index contributed by atoms with van der Waals surface area (Å²) < 4.78 is 0. The summed E-state index contributed by atoms with van der Waals surface area (Å²) in [5, 5.41) is 4.32. The predicted molar refractivity (Wildman–Crippen MR) is 105 cm³/mol. The zero-order valence-electron chi connectivity index (χ0n) is 17.0. The van der Waals surface area contributed by atoms with Gasteiger partial charge in [0.2, 0.25) is 0 Å². The molecule has 0 saturated heterocycles. The van der Waals surface area contributed by atoms with E-state index in [-0.39, 0.29) is 5.41 Å². The van der Waals surface area contributed by atoms with Gasteiger partial charge in [0.15, 0.2) is 0 Å². The topological polar surface area (TPSA) is 38.7 Å². The largest absolute Gasteiger partial charge is 0.396 e. The van der Waals surface area contributed by atoms with Crippen LogP contribution in [0.2, 0.25) is 0 Å². The lowest BCUT2D eigenvalue weighted by molar-refractivity contribution is -0.127. The van der Waals surface area contributed by atoms with Crippen LogP contribution in [0.4, 0.5) is 0 Å². The van der Waals surface area contributed by atoms with Crippen LogP contribution in [-0.4, -0.2) is 18.1 Å². The number of hydrogen-bond donors (Lipinski definition) is 0. The Kier molecular flexibility index (Phi) is 4.56. The van der Waals surface area contributed by atoms with Crippen LogP contribution in [-0.2, 0) is 9.63 Å². The summed E-state index contributed by atoms with van der Waals surface area (Å²) in [4.78, 5) is 17.6. The van der Waals surface area contributed by atoms with E-state index in [0.717, 1.165) is 36.3 Å². The van der Waals surface area contributed by atoms with Gasteiger partial charge in [0, 0.05) is 5.92 Å². The van der Waals surface area contributed by atoms with Gasteiger partial charge in [-0.05, 0) is 99.9 Å². The highest BCUT2D eigenvalue weighted by Gasteiger charge is 2.59. The van der Waals surface area contributed by atoms with Gasteiger partial charge in [-0.2, -0.15) is 0 Å². The zero-order chi connectivity index (χ0) is 18.5. The molecule has 3 heteroatoms. The van der Waals surface area contributed by atoms with Crippen LogP contribution >= 0.6 is 0 Å². The number of ketones is 1. The Morgan fingerprint density at radius 2 is 1.96 bits per heavy atom. The van der Waals surface area contributed by atoms with Crippen LogP contribution in [0.5, 0.6) is 0 Å². The highest BCUT2D eigenvalue weighted by molar-refractivity contribution is 5.96. The second-order valence-corrected chi connectivity index (χ2v) is 9.79. The molecule has 0 aromatic rings. The van der Waals surface area contributed by atoms with Crippen molar-refractivity contribution in [2.24, 2.45) is 39.7 Å². The van der Waals surface area contributed by atoms with Gasteiger partial charge in [0.25, 0.3) is 0 Å². The molecular formula is C23H35NO2. The van der Waals surface area contributed by atoms with Gasteiger partial charge in [0.1, 0.15) is 12.4 Å². The van der Waals surface area contributed by atoms with Gasteiger partial charge in [0.05, 0.1) is 5.71 Å². The van der Waals surface area contributed by atoms with E-state index in [4.69, 9.17) is 4.84 Å². The lowest BCUT2D eigenvalue weighted by Gasteiger charge is -2.58. The number of carbonyl (C=O) groups excluding carboxylic acids is 1. The van der Waals surface area contributed by atoms with E-state index in [0.29, 0.717) is 23.7 Å². The molecule has 0 bridgehead atoms. The van der Waals surface area contributed by atoms with E-state index >= 15 is 0 Å². The Morgan fingerprint density at radius 1 is 1.15 bits per heavy atom. The molecule has 0 radical (unpaired) electrons. The van der Waals surface area contributed by atoms with Gasteiger partial charge in [-0.15, -0.1) is 0 Å². The number of fused-ring (bicyclic) bond motifs is 5. The minimum atomic E-state index is 0.265. The van der Waals surface area contributed by atoms with Crippen molar-refractivity contribution in [3.8, 4) is 0 Å². The van der Waals surface area contributed by atoms with Crippen molar-refractivity contribution in [1.29, 1.82) is 0 Å². The Bertz CT molecular complexity index is 651. The zero-order valence-corrected chi connectivity index (χ0v) is 17.0. The summed E-state index contributed by atoms with van der Waals surface area (Å²) >= 11 is 0. The molecule has 0 spiro atoms. The summed E-state index contributed by atoms with van der Waals surface area (Å²) in [6.45, 7) is 9.42. The molecule has 0 unspecified atom stereocenters. The smallest absolute Gasteiger partial charge is 0.133 e. The quantitative estimate of drug-likeness (QED) is 0.621. The fraction of sp³-hybridized carbons (Fsp3) is 0.826. The fourth-order valence-electron chi connectivity index (χ4n) is 7.46. The van der Waals surface area contributed by atoms with Crippen molar-refractivity contribution in [3.63, 3.8) is 0 Å². The number of rotatable bonds is 3. The van der Waals surface area contributed by atoms with Crippen molar-refractivity contribution in [2.45, 2.75) is 79.1 Å². The number of nitrogens with zero attached hydrogens (tertiary/aromatic N) is 1. The maximum absolute atomic E-state index is 12.2. The molecule has 26 heavy (non-hydrogen) atoms. The van der Waals surface area contributed by atoms with Gasteiger partial charge < -0.3 is 4.84 Å². The van der Waals surface area contributed by atoms with Gasteiger partial charge >= 0.3 is 0 Å². The predicted octanol–water partition coefficient (Wildman–Crippen LogP) is 5.55. The van der Waals surface area contributed by atoms with E-state index in [1.54, 1.807) is 5.57 Å². The van der Waals surface area contributed by atoms with Crippen molar-refractivity contribution >= 4 is 11.5 Å². The average Bonchev–Trinajstić information content (AvgIpc) is 2.97. The minimum absolute atomic E-state index is 0.265. The molecule has 0 aromatic carbocycles. The molecule has 0 amide bonds. The van der Waals surface area contributed by atoms with Crippen LogP contribution in [0, 0.1) is 34.5 Å². The summed E-state index contributed by atoms with van der Waals surface area (Å²) in [7, 11) is 0. The first-order valence-corrected chi connectivity index (χ1v) is 10.8. The highest BCUT2D eigenvalue weighted by Crippen LogP contribution is 2.66. The third-order valence-electron chi connectivity index (χ3n) is 8.78. The van der Waals surface area contributed by atoms with E-state index in [1.165, 1.54) is 38.5 Å². The Balaban J connectivity index is 1.60. The van der Waals surface area contributed by atoms with Crippen molar-refractivity contribution in [1.82, 2.24) is 0 Å². The van der Waals surface area contributed by atoms with E-state index < -0.39 is 0 Å². The van der Waals surface area contributed by atoms with E-state index in [1.807, 2.05) is 13.8 Å². The maximum Gasteiger partial charge on any atom is 0.133 e. The van der Waals surface area contributed by atoms with Crippen molar-refractivity contribution in [3.05, 3.63) is 11.6 Å². The molecule has 0 aliphatic heterocycles. The van der Waals surface area contributed by atoms with Crippen LogP contribution in [0.1, 0.15) is 79.1 Å². The molecule has 3 nitrogen and oxygen atoms in total. The SMILES string of the molecule is CCO/N=C1/C=C2CC[C@H]3[C@@H]4CC[C@H](C(C)=O)[C@@]4(C)CC[C@@H]3[C@@]2(C)CC1. The molecule has 144 valence electrons. The second-order valence-electron chi connectivity index (χ2n) is 9.79. The number of allylic oxidation sites excluding steroid dienone is 2. The first-order chi connectivity index (χ1) is 12.4. The maximum atomic E-state index is 12.2. The number of carbonyl (C=O) groups is 1. The summed E-state index contributed by atoms with van der Waals surface area (Å²) in [6.07, 6.45) is 12.1. The monoisotopic (exact) mass is 357 g/mol. The number of Topliss-reactive ketones (excluding diaryl/α,β-unsaturated/α-hetero) is 1. The minimum Gasteiger partial charge on any atom is -0.396 e. The molecule has 6 atom stereocenters. The molecule has 4 rings (SSSR count). The molecule has 3 saturated carbocycles. The Morgan fingerprint density at radius 3 is 2.69 bits per heavy atom. The molecule has 4 aliphatic rings. The lowest BCUT2D eigenvalue weighted by Crippen LogP contribution is -2.51. The van der Waals surface area contributed by atoms with Crippen molar-refractivity contribution < 1.29 is 9.63 Å². The first-order valence-electron chi connectivity index (χ1n) is 10.8. The van der Waals surface area contributed by atoms with Gasteiger partial charge in [-0.25, -0.2) is 0 Å².